The maximum absolute atomic E-state index is 13.7. The number of aliphatic hydroxyl groups excluding tert-OH is 1. The summed E-state index contributed by atoms with van der Waals surface area (Å²) in [6, 6.07) is 10.1. The highest BCUT2D eigenvalue weighted by Crippen LogP contribution is 2.27. The van der Waals surface area contributed by atoms with Crippen LogP contribution in [-0.4, -0.2) is 33.9 Å². The van der Waals surface area contributed by atoms with E-state index < -0.39 is 17.6 Å². The van der Waals surface area contributed by atoms with E-state index in [1.807, 2.05) is 0 Å². The van der Waals surface area contributed by atoms with Gasteiger partial charge in [-0.2, -0.15) is 0 Å². The minimum atomic E-state index is -0.790. The highest BCUT2D eigenvalue weighted by Gasteiger charge is 2.22. The Morgan fingerprint density at radius 3 is 2.77 bits per heavy atom. The number of rotatable bonds is 5. The van der Waals surface area contributed by atoms with Gasteiger partial charge >= 0.3 is 5.97 Å². The molecule has 0 aliphatic heterocycles. The Balaban J connectivity index is 1.95. The van der Waals surface area contributed by atoms with E-state index in [1.54, 1.807) is 24.3 Å². The lowest BCUT2D eigenvalue weighted by Gasteiger charge is -2.08. The number of hydrogen-bond donors (Lipinski definition) is 2. The number of aromatic nitrogens is 2. The van der Waals surface area contributed by atoms with Crippen LogP contribution in [0.15, 0.2) is 53.1 Å². The molecule has 2 aromatic carbocycles. The Morgan fingerprint density at radius 1 is 1.27 bits per heavy atom. The normalized spacial score (nSPS) is 12.1. The quantitative estimate of drug-likeness (QED) is 0.304. The molecule has 0 spiro atoms. The largest absolute Gasteiger partial charge is 0.510 e. The Hall–Kier alpha value is -2.87. The summed E-state index contributed by atoms with van der Waals surface area (Å²) in [4.78, 5) is 19.3. The Bertz CT molecular complexity index is 968. The van der Waals surface area contributed by atoms with E-state index in [0.29, 0.717) is 11.0 Å². The van der Waals surface area contributed by atoms with Gasteiger partial charge in [-0.05, 0) is 30.3 Å². The van der Waals surface area contributed by atoms with Crippen LogP contribution in [0.25, 0.3) is 16.6 Å². The maximum Gasteiger partial charge on any atom is 0.345 e. The van der Waals surface area contributed by atoms with Crippen LogP contribution in [0.4, 0.5) is 8.78 Å². The smallest absolute Gasteiger partial charge is 0.345 e. The Labute approximate surface area is 151 Å². The standard InChI is InChI=1S/C18H14F2N2O3S/c1-25-18(24)16(17-21-12-4-2-3-5-13(12)22-17)14(23)9-26-15-8-10(19)6-7-11(15)20/h2-8,23H,9H2,1H3,(H,21,22)/b16-14+. The molecule has 26 heavy (non-hydrogen) atoms. The molecule has 0 amide bonds. The second-order valence-electron chi connectivity index (χ2n) is 5.28. The topological polar surface area (TPSA) is 75.2 Å². The Morgan fingerprint density at radius 2 is 2.04 bits per heavy atom. The monoisotopic (exact) mass is 376 g/mol. The van der Waals surface area contributed by atoms with Gasteiger partial charge < -0.3 is 14.8 Å². The minimum Gasteiger partial charge on any atom is -0.510 e. The average Bonchev–Trinajstić information content (AvgIpc) is 3.05. The van der Waals surface area contributed by atoms with Gasteiger partial charge in [0.1, 0.15) is 28.8 Å². The number of para-hydroxylation sites is 2. The predicted octanol–water partition coefficient (Wildman–Crippen LogP) is 4.08. The number of hydrogen-bond acceptors (Lipinski definition) is 5. The van der Waals surface area contributed by atoms with E-state index in [9.17, 15) is 18.7 Å². The summed E-state index contributed by atoms with van der Waals surface area (Å²) in [6.07, 6.45) is 0. The fraction of sp³-hybridized carbons (Fsp3) is 0.111. The molecule has 134 valence electrons. The van der Waals surface area contributed by atoms with Gasteiger partial charge in [0.05, 0.1) is 23.9 Å². The van der Waals surface area contributed by atoms with Crippen LogP contribution in [-0.2, 0) is 9.53 Å². The summed E-state index contributed by atoms with van der Waals surface area (Å²) in [5.41, 5.74) is 1.13. The van der Waals surface area contributed by atoms with Crippen molar-refractivity contribution in [1.82, 2.24) is 9.97 Å². The molecule has 0 aliphatic rings. The molecule has 2 N–H and O–H groups in total. The van der Waals surface area contributed by atoms with Crippen LogP contribution in [0.1, 0.15) is 5.82 Å². The Kier molecular flexibility index (Phi) is 5.22. The number of esters is 1. The van der Waals surface area contributed by atoms with Crippen LogP contribution >= 0.6 is 11.8 Å². The van der Waals surface area contributed by atoms with Gasteiger partial charge in [-0.25, -0.2) is 18.6 Å². The van der Waals surface area contributed by atoms with Gasteiger partial charge in [0.25, 0.3) is 0 Å². The third-order valence-corrected chi connectivity index (χ3v) is 4.60. The summed E-state index contributed by atoms with van der Waals surface area (Å²) in [7, 11) is 1.18. The number of carbonyl (C=O) groups is 1. The van der Waals surface area contributed by atoms with Crippen LogP contribution in [0.5, 0.6) is 0 Å². The molecule has 8 heteroatoms. The summed E-state index contributed by atoms with van der Waals surface area (Å²) in [6.45, 7) is 0. The van der Waals surface area contributed by atoms with E-state index in [1.165, 1.54) is 7.11 Å². The van der Waals surface area contributed by atoms with E-state index >= 15 is 0 Å². The number of benzene rings is 2. The minimum absolute atomic E-state index is 0.0189. The lowest BCUT2D eigenvalue weighted by molar-refractivity contribution is -0.133. The predicted molar refractivity (Wildman–Crippen MR) is 94.7 cm³/mol. The molecule has 1 aromatic heterocycles. The number of aliphatic hydroxyl groups is 1. The van der Waals surface area contributed by atoms with Crippen LogP contribution in [0.2, 0.25) is 0 Å². The second-order valence-corrected chi connectivity index (χ2v) is 6.30. The number of aromatic amines is 1. The zero-order chi connectivity index (χ0) is 18.7. The van der Waals surface area contributed by atoms with Gasteiger partial charge in [0.15, 0.2) is 0 Å². The van der Waals surface area contributed by atoms with Crippen LogP contribution < -0.4 is 0 Å². The van der Waals surface area contributed by atoms with Crippen molar-refractivity contribution >= 4 is 34.3 Å². The van der Waals surface area contributed by atoms with Gasteiger partial charge in [-0.1, -0.05) is 12.1 Å². The third kappa shape index (κ3) is 3.70. The number of H-pyrrole nitrogens is 1. The van der Waals surface area contributed by atoms with Crippen molar-refractivity contribution in [3.63, 3.8) is 0 Å². The van der Waals surface area contributed by atoms with Gasteiger partial charge in [0, 0.05) is 4.90 Å². The molecule has 3 rings (SSSR count). The van der Waals surface area contributed by atoms with Crippen molar-refractivity contribution < 1.29 is 23.4 Å². The van der Waals surface area contributed by atoms with E-state index in [2.05, 4.69) is 9.97 Å². The molecule has 5 nitrogen and oxygen atoms in total. The number of methoxy groups -OCH3 is 1. The van der Waals surface area contributed by atoms with Crippen molar-refractivity contribution in [3.05, 3.63) is 65.7 Å². The first-order chi connectivity index (χ1) is 12.5. The molecular formula is C18H14F2N2O3S. The molecule has 0 saturated carbocycles. The molecular weight excluding hydrogens is 362 g/mol. The van der Waals surface area contributed by atoms with E-state index in [-0.39, 0.29) is 27.8 Å². The van der Waals surface area contributed by atoms with E-state index in [0.717, 1.165) is 30.0 Å². The average molecular weight is 376 g/mol. The first kappa shape index (κ1) is 17.9. The van der Waals surface area contributed by atoms with Crippen LogP contribution in [0, 0.1) is 11.6 Å². The first-order valence-corrected chi connectivity index (χ1v) is 8.51. The number of nitrogens with zero attached hydrogens (tertiary/aromatic N) is 1. The number of ether oxygens (including phenoxy) is 1. The first-order valence-electron chi connectivity index (χ1n) is 7.53. The fourth-order valence-electron chi connectivity index (χ4n) is 2.33. The molecule has 3 aromatic rings. The van der Waals surface area contributed by atoms with Crippen molar-refractivity contribution in [3.8, 4) is 0 Å². The SMILES string of the molecule is COC(=O)/C(=C(/O)CSc1cc(F)ccc1F)c1nc2ccccc2[nH]1. The van der Waals surface area contributed by atoms with Crippen molar-refractivity contribution in [2.24, 2.45) is 0 Å². The van der Waals surface area contributed by atoms with E-state index in [4.69, 9.17) is 4.74 Å². The molecule has 0 unspecified atom stereocenters. The highest BCUT2D eigenvalue weighted by molar-refractivity contribution is 7.99. The zero-order valence-corrected chi connectivity index (χ0v) is 14.4. The molecule has 0 radical (unpaired) electrons. The number of thioether (sulfide) groups is 1. The summed E-state index contributed by atoms with van der Waals surface area (Å²) >= 11 is 0.855. The molecule has 0 saturated heterocycles. The van der Waals surface area contributed by atoms with Gasteiger partial charge in [-0.3, -0.25) is 0 Å². The molecule has 0 fully saturated rings. The van der Waals surface area contributed by atoms with Gasteiger partial charge in [-0.15, -0.1) is 11.8 Å². The second kappa shape index (κ2) is 7.57. The molecule has 0 bridgehead atoms. The number of fused-ring (bicyclic) bond motifs is 1. The summed E-state index contributed by atoms with van der Waals surface area (Å²) in [5.74, 6) is -2.39. The number of imidazole rings is 1. The lowest BCUT2D eigenvalue weighted by Crippen LogP contribution is -2.09. The number of nitrogens with one attached hydrogen (secondary N) is 1. The maximum atomic E-state index is 13.7. The van der Waals surface area contributed by atoms with Crippen molar-refractivity contribution in [2.45, 2.75) is 4.90 Å². The third-order valence-electron chi connectivity index (χ3n) is 3.56. The molecule has 0 aliphatic carbocycles. The summed E-state index contributed by atoms with van der Waals surface area (Å²) < 4.78 is 31.7. The lowest BCUT2D eigenvalue weighted by atomic mass is 10.2. The highest BCUT2D eigenvalue weighted by atomic mass is 32.2. The fourth-order valence-corrected chi connectivity index (χ4v) is 3.17. The molecule has 1 heterocycles. The van der Waals surface area contributed by atoms with Crippen molar-refractivity contribution in [2.75, 3.05) is 12.9 Å². The summed E-state index contributed by atoms with van der Waals surface area (Å²) in [5, 5.41) is 10.4. The van der Waals surface area contributed by atoms with Crippen LogP contribution in [0.3, 0.4) is 0 Å². The van der Waals surface area contributed by atoms with Crippen molar-refractivity contribution in [1.29, 1.82) is 0 Å². The van der Waals surface area contributed by atoms with Gasteiger partial charge in [0.2, 0.25) is 0 Å². The number of halogens is 2. The number of carbonyl (C=O) groups excluding carboxylic acids is 1. The zero-order valence-electron chi connectivity index (χ0n) is 13.6. The molecule has 0 atom stereocenters.